The van der Waals surface area contributed by atoms with Crippen molar-refractivity contribution in [3.63, 3.8) is 0 Å². The quantitative estimate of drug-likeness (QED) is 0.516. The Balaban J connectivity index is 0. The molecule has 1 aromatic rings. The SMILES string of the molecule is CC.CC.COCCCCCCCc1cccc(C)c1. The Morgan fingerprint density at radius 2 is 1.45 bits per heavy atom. The number of methoxy groups -OCH3 is 1. The van der Waals surface area contributed by atoms with Crippen molar-refractivity contribution in [2.75, 3.05) is 13.7 Å². The van der Waals surface area contributed by atoms with Crippen LogP contribution in [0.2, 0.25) is 0 Å². The third-order valence-corrected chi connectivity index (χ3v) is 2.90. The van der Waals surface area contributed by atoms with Crippen LogP contribution in [0.1, 0.15) is 70.9 Å². The number of hydrogen-bond donors (Lipinski definition) is 0. The van der Waals surface area contributed by atoms with Crippen LogP contribution < -0.4 is 0 Å². The number of unbranched alkanes of at least 4 members (excludes halogenated alkanes) is 4. The summed E-state index contributed by atoms with van der Waals surface area (Å²) in [5.41, 5.74) is 2.86. The zero-order valence-corrected chi connectivity index (χ0v) is 14.7. The molecule has 1 nitrogen and oxygen atoms in total. The topological polar surface area (TPSA) is 9.23 Å². The van der Waals surface area contributed by atoms with Crippen molar-refractivity contribution in [1.29, 1.82) is 0 Å². The summed E-state index contributed by atoms with van der Waals surface area (Å²) in [5, 5.41) is 0. The van der Waals surface area contributed by atoms with E-state index in [0.717, 1.165) is 6.61 Å². The van der Waals surface area contributed by atoms with Crippen molar-refractivity contribution in [3.8, 4) is 0 Å². The standard InChI is InChI=1S/C15H24O.2C2H6/c1-14-9-8-11-15(13-14)10-6-4-3-5-7-12-16-2;2*1-2/h8-9,11,13H,3-7,10,12H2,1-2H3;2*1-2H3. The molecular formula is C19H36O. The van der Waals surface area contributed by atoms with Gasteiger partial charge in [0.2, 0.25) is 0 Å². The summed E-state index contributed by atoms with van der Waals surface area (Å²) in [4.78, 5) is 0. The molecule has 0 spiro atoms. The zero-order chi connectivity index (χ0) is 15.6. The third kappa shape index (κ3) is 13.6. The number of rotatable bonds is 8. The average molecular weight is 280 g/mol. The first-order chi connectivity index (χ1) is 9.83. The second-order valence-corrected chi connectivity index (χ2v) is 4.50. The molecule has 0 N–H and O–H groups in total. The summed E-state index contributed by atoms with van der Waals surface area (Å²) >= 11 is 0. The van der Waals surface area contributed by atoms with Crippen LogP contribution in [0, 0.1) is 6.92 Å². The van der Waals surface area contributed by atoms with E-state index in [1.807, 2.05) is 27.7 Å². The number of aryl methyl sites for hydroxylation is 2. The van der Waals surface area contributed by atoms with Gasteiger partial charge >= 0.3 is 0 Å². The van der Waals surface area contributed by atoms with Crippen molar-refractivity contribution in [2.24, 2.45) is 0 Å². The fourth-order valence-electron chi connectivity index (χ4n) is 1.97. The van der Waals surface area contributed by atoms with Crippen molar-refractivity contribution in [2.45, 2.75) is 73.1 Å². The highest BCUT2D eigenvalue weighted by Crippen LogP contribution is 2.10. The molecule has 0 heterocycles. The van der Waals surface area contributed by atoms with E-state index in [2.05, 4.69) is 31.2 Å². The molecule has 1 rings (SSSR count). The van der Waals surface area contributed by atoms with E-state index in [0.29, 0.717) is 0 Å². The van der Waals surface area contributed by atoms with Gasteiger partial charge in [0.05, 0.1) is 0 Å². The molecule has 0 radical (unpaired) electrons. The van der Waals surface area contributed by atoms with Gasteiger partial charge in [0.15, 0.2) is 0 Å². The van der Waals surface area contributed by atoms with Gasteiger partial charge in [0.1, 0.15) is 0 Å². The Morgan fingerprint density at radius 1 is 0.850 bits per heavy atom. The molecule has 0 amide bonds. The highest BCUT2D eigenvalue weighted by molar-refractivity contribution is 5.22. The zero-order valence-electron chi connectivity index (χ0n) is 14.7. The van der Waals surface area contributed by atoms with Crippen LogP contribution in [-0.2, 0) is 11.2 Å². The number of ether oxygens (including phenoxy) is 1. The van der Waals surface area contributed by atoms with Crippen molar-refractivity contribution >= 4 is 0 Å². The van der Waals surface area contributed by atoms with Gasteiger partial charge in [-0.3, -0.25) is 0 Å². The lowest BCUT2D eigenvalue weighted by Crippen LogP contribution is -1.90. The summed E-state index contributed by atoms with van der Waals surface area (Å²) in [6.45, 7) is 11.1. The van der Waals surface area contributed by atoms with E-state index in [1.54, 1.807) is 7.11 Å². The normalized spacial score (nSPS) is 9.10. The lowest BCUT2D eigenvalue weighted by Gasteiger charge is -2.03. The minimum absolute atomic E-state index is 0.915. The van der Waals surface area contributed by atoms with Gasteiger partial charge < -0.3 is 4.74 Å². The highest BCUT2D eigenvalue weighted by atomic mass is 16.5. The van der Waals surface area contributed by atoms with Crippen molar-refractivity contribution < 1.29 is 4.74 Å². The minimum atomic E-state index is 0.915. The Bertz CT molecular complexity index is 281. The first-order valence-electron chi connectivity index (χ1n) is 8.37. The fraction of sp³-hybridized carbons (Fsp3) is 0.684. The summed E-state index contributed by atoms with van der Waals surface area (Å²) in [5.74, 6) is 0. The molecule has 0 atom stereocenters. The Morgan fingerprint density at radius 3 is 2.05 bits per heavy atom. The first kappa shape index (κ1) is 21.5. The summed E-state index contributed by atoms with van der Waals surface area (Å²) in [7, 11) is 1.78. The van der Waals surface area contributed by atoms with E-state index >= 15 is 0 Å². The first-order valence-corrected chi connectivity index (χ1v) is 8.37. The molecule has 0 saturated carbocycles. The molecule has 0 aliphatic heterocycles. The van der Waals surface area contributed by atoms with E-state index in [9.17, 15) is 0 Å². The fourth-order valence-corrected chi connectivity index (χ4v) is 1.97. The van der Waals surface area contributed by atoms with E-state index < -0.39 is 0 Å². The molecule has 0 aromatic heterocycles. The van der Waals surface area contributed by atoms with E-state index in [-0.39, 0.29) is 0 Å². The summed E-state index contributed by atoms with van der Waals surface area (Å²) in [6.07, 6.45) is 7.75. The van der Waals surface area contributed by atoms with Gasteiger partial charge in [0.25, 0.3) is 0 Å². The second kappa shape index (κ2) is 18.2. The molecule has 0 aliphatic rings. The molecule has 0 unspecified atom stereocenters. The average Bonchev–Trinajstić information content (AvgIpc) is 2.50. The van der Waals surface area contributed by atoms with Crippen LogP contribution in [0.5, 0.6) is 0 Å². The molecule has 20 heavy (non-hydrogen) atoms. The van der Waals surface area contributed by atoms with Crippen molar-refractivity contribution in [3.05, 3.63) is 35.4 Å². The van der Waals surface area contributed by atoms with Gasteiger partial charge in [-0.15, -0.1) is 0 Å². The second-order valence-electron chi connectivity index (χ2n) is 4.50. The molecule has 1 heteroatoms. The third-order valence-electron chi connectivity index (χ3n) is 2.90. The number of hydrogen-bond acceptors (Lipinski definition) is 1. The van der Waals surface area contributed by atoms with Gasteiger partial charge in [-0.05, 0) is 31.7 Å². The van der Waals surface area contributed by atoms with Gasteiger partial charge in [-0.25, -0.2) is 0 Å². The lowest BCUT2D eigenvalue weighted by atomic mass is 10.0. The summed E-state index contributed by atoms with van der Waals surface area (Å²) in [6, 6.07) is 8.85. The molecule has 0 saturated heterocycles. The smallest absolute Gasteiger partial charge is 0.0462 e. The van der Waals surface area contributed by atoms with E-state index in [1.165, 1.54) is 49.7 Å². The molecule has 0 aliphatic carbocycles. The Hall–Kier alpha value is -0.820. The summed E-state index contributed by atoms with van der Waals surface area (Å²) < 4.78 is 5.03. The van der Waals surface area contributed by atoms with Gasteiger partial charge in [-0.2, -0.15) is 0 Å². The predicted octanol–water partition coefficient (Wildman–Crippen LogP) is 6.19. The molecule has 1 aromatic carbocycles. The maximum absolute atomic E-state index is 5.03. The van der Waals surface area contributed by atoms with E-state index in [4.69, 9.17) is 4.74 Å². The van der Waals surface area contributed by atoms with Gasteiger partial charge in [0, 0.05) is 13.7 Å². The Kier molecular flexibility index (Phi) is 19.5. The van der Waals surface area contributed by atoms with Crippen LogP contribution in [0.3, 0.4) is 0 Å². The lowest BCUT2D eigenvalue weighted by molar-refractivity contribution is 0.192. The molecule has 0 fully saturated rings. The van der Waals surface area contributed by atoms with Crippen LogP contribution >= 0.6 is 0 Å². The van der Waals surface area contributed by atoms with Crippen LogP contribution in [0.25, 0.3) is 0 Å². The van der Waals surface area contributed by atoms with Crippen molar-refractivity contribution in [1.82, 2.24) is 0 Å². The monoisotopic (exact) mass is 280 g/mol. The number of benzene rings is 1. The maximum Gasteiger partial charge on any atom is 0.0462 e. The van der Waals surface area contributed by atoms with Crippen LogP contribution in [0.15, 0.2) is 24.3 Å². The molecule has 0 bridgehead atoms. The Labute approximate surface area is 127 Å². The molecular weight excluding hydrogens is 244 g/mol. The maximum atomic E-state index is 5.03. The highest BCUT2D eigenvalue weighted by Gasteiger charge is 1.94. The van der Waals surface area contributed by atoms with Crippen LogP contribution in [-0.4, -0.2) is 13.7 Å². The molecule has 118 valence electrons. The minimum Gasteiger partial charge on any atom is -0.385 e. The largest absolute Gasteiger partial charge is 0.385 e. The van der Waals surface area contributed by atoms with Crippen LogP contribution in [0.4, 0.5) is 0 Å². The predicted molar refractivity (Wildman–Crippen MR) is 92.5 cm³/mol. The van der Waals surface area contributed by atoms with Gasteiger partial charge in [-0.1, -0.05) is 76.8 Å².